The Labute approximate surface area is 286 Å². The number of ether oxygens (including phenoxy) is 1. The van der Waals surface area contributed by atoms with E-state index >= 15 is 0 Å². The van der Waals surface area contributed by atoms with Crippen LogP contribution in [-0.2, 0) is 43.5 Å². The van der Waals surface area contributed by atoms with E-state index in [9.17, 15) is 39.7 Å². The molecule has 2 N–H and O–H groups in total. The maximum atomic E-state index is 12.3. The number of rotatable bonds is 12. The second-order valence-electron chi connectivity index (χ2n) is 14.0. The summed E-state index contributed by atoms with van der Waals surface area (Å²) in [5.74, 6) is -0.711. The number of carboxylic acids is 1. The van der Waals surface area contributed by atoms with Crippen LogP contribution in [0.5, 0.6) is 11.5 Å². The molecule has 2 aromatic carbocycles. The van der Waals surface area contributed by atoms with Gasteiger partial charge in [-0.25, -0.2) is 9.57 Å². The van der Waals surface area contributed by atoms with Crippen molar-refractivity contribution in [2.45, 2.75) is 83.1 Å². The Balaban J connectivity index is 1.68. The van der Waals surface area contributed by atoms with E-state index in [-0.39, 0.29) is 32.2 Å². The molecule has 2 unspecified atom stereocenters. The SMILES string of the molecule is CC1(C)CC(OS(C)(=O)=O)c2cc3c(cc2N1CCCS(=O)(=O)O)Oc1cc2c(cc1=N3)C(OS(C)(=O)=O)CC(C)(C)[N+]=2CCCC(=O)O. The van der Waals surface area contributed by atoms with Gasteiger partial charge in [0.2, 0.25) is 5.36 Å². The summed E-state index contributed by atoms with van der Waals surface area (Å²) in [5.41, 5.74) is 0.622. The Morgan fingerprint density at radius 2 is 1.57 bits per heavy atom. The molecule has 0 fully saturated rings. The standard InChI is InChI=1S/C31H41N3O12S3/c1-30(2)17-27(45-47(5,37)38)19-13-21-25(15-23(19)33(30)10-7-9-29(35)36)44-26-16-24-20(14-22(26)32-21)28(46-48(6,39)40)18-31(3,4)34(24)11-8-12-49(41,42)43/h13-16,27-28H,7-12,17-18H2,1-6H3,(H-,35,36,41,42,43)/p+1. The number of aliphatic carboxylic acids is 1. The maximum absolute atomic E-state index is 12.3. The molecule has 270 valence electrons. The third-order valence-corrected chi connectivity index (χ3v) is 10.9. The predicted octanol–water partition coefficient (Wildman–Crippen LogP) is 2.58. The van der Waals surface area contributed by atoms with Crippen molar-refractivity contribution in [1.82, 2.24) is 4.58 Å². The number of benzene rings is 2. The number of hydrogen-bond donors (Lipinski definition) is 2. The lowest BCUT2D eigenvalue weighted by atomic mass is 9.84. The van der Waals surface area contributed by atoms with Gasteiger partial charge in [0.25, 0.3) is 30.4 Å². The summed E-state index contributed by atoms with van der Waals surface area (Å²) in [4.78, 5) is 18.1. The van der Waals surface area contributed by atoms with Crippen molar-refractivity contribution < 1.29 is 52.8 Å². The second-order valence-corrected chi connectivity index (χ2v) is 18.8. The van der Waals surface area contributed by atoms with Gasteiger partial charge in [-0.15, -0.1) is 0 Å². The molecule has 2 aromatic rings. The van der Waals surface area contributed by atoms with Crippen LogP contribution in [0.4, 0.5) is 11.4 Å². The summed E-state index contributed by atoms with van der Waals surface area (Å²) in [6, 6.07) is 6.80. The van der Waals surface area contributed by atoms with E-state index < -0.39 is 65.4 Å². The molecule has 0 aliphatic carbocycles. The van der Waals surface area contributed by atoms with Crippen LogP contribution < -0.4 is 24.9 Å². The first-order valence-electron chi connectivity index (χ1n) is 15.7. The van der Waals surface area contributed by atoms with Gasteiger partial charge in [0, 0.05) is 62.5 Å². The zero-order valence-corrected chi connectivity index (χ0v) is 30.6. The van der Waals surface area contributed by atoms with Gasteiger partial charge in [0.15, 0.2) is 17.0 Å². The lowest BCUT2D eigenvalue weighted by Crippen LogP contribution is -2.53. The fraction of sp³-hybridized carbons (Fsp3) is 0.581. The first-order valence-corrected chi connectivity index (χ1v) is 20.9. The van der Waals surface area contributed by atoms with E-state index in [0.29, 0.717) is 57.7 Å². The van der Waals surface area contributed by atoms with Crippen molar-refractivity contribution in [3.63, 3.8) is 0 Å². The van der Waals surface area contributed by atoms with E-state index in [0.717, 1.165) is 12.5 Å². The van der Waals surface area contributed by atoms with E-state index in [1.807, 2.05) is 37.2 Å². The minimum atomic E-state index is -4.21. The normalized spacial score (nSPS) is 21.0. The van der Waals surface area contributed by atoms with Crippen LogP contribution in [0.15, 0.2) is 29.3 Å². The molecule has 0 amide bonds. The Morgan fingerprint density at radius 1 is 0.939 bits per heavy atom. The molecule has 15 nitrogen and oxygen atoms in total. The number of fused-ring (bicyclic) bond motifs is 4. The summed E-state index contributed by atoms with van der Waals surface area (Å²) in [6.07, 6.45) is 1.11. The third-order valence-electron chi connectivity index (χ3n) is 8.92. The lowest BCUT2D eigenvalue weighted by molar-refractivity contribution is -0.137. The molecule has 2 atom stereocenters. The molecule has 3 aliphatic heterocycles. The van der Waals surface area contributed by atoms with Gasteiger partial charge < -0.3 is 14.7 Å². The van der Waals surface area contributed by atoms with Crippen LogP contribution in [0.25, 0.3) is 0 Å². The Hall–Kier alpha value is -3.16. The molecule has 0 saturated heterocycles. The molecule has 0 aromatic heterocycles. The van der Waals surface area contributed by atoms with Crippen LogP contribution in [0.2, 0.25) is 0 Å². The van der Waals surface area contributed by atoms with E-state index in [1.165, 1.54) is 0 Å². The number of hydrogen-bond acceptors (Lipinski definition) is 12. The third kappa shape index (κ3) is 8.60. The average molecular weight is 745 g/mol. The van der Waals surface area contributed by atoms with E-state index in [1.54, 1.807) is 24.3 Å². The summed E-state index contributed by atoms with van der Waals surface area (Å²) < 4.78 is 101. The second kappa shape index (κ2) is 12.9. The van der Waals surface area contributed by atoms with Crippen molar-refractivity contribution in [3.8, 4) is 11.5 Å². The first kappa shape index (κ1) is 37.1. The zero-order chi connectivity index (χ0) is 36.3. The van der Waals surface area contributed by atoms with Crippen molar-refractivity contribution in [1.29, 1.82) is 0 Å². The van der Waals surface area contributed by atoms with Crippen LogP contribution in [0.1, 0.15) is 83.1 Å². The molecular formula is C31H42N3O12S3+. The highest BCUT2D eigenvalue weighted by atomic mass is 32.2. The largest absolute Gasteiger partial charge is 0.481 e. The number of anilines is 1. The van der Waals surface area contributed by atoms with Crippen LogP contribution in [0, 0.1) is 0 Å². The zero-order valence-electron chi connectivity index (χ0n) is 28.2. The van der Waals surface area contributed by atoms with Gasteiger partial charge in [-0.1, -0.05) is 0 Å². The van der Waals surface area contributed by atoms with E-state index in [4.69, 9.17) is 18.1 Å². The summed E-state index contributed by atoms with van der Waals surface area (Å²) >= 11 is 0. The predicted molar refractivity (Wildman–Crippen MR) is 179 cm³/mol. The first-order chi connectivity index (χ1) is 22.4. The molecule has 0 spiro atoms. The molecule has 3 aliphatic rings. The van der Waals surface area contributed by atoms with Gasteiger partial charge >= 0.3 is 5.97 Å². The van der Waals surface area contributed by atoms with Crippen molar-refractivity contribution >= 4 is 47.7 Å². The molecule has 0 saturated carbocycles. The smallest absolute Gasteiger partial charge is 0.303 e. The van der Waals surface area contributed by atoms with Crippen molar-refractivity contribution in [2.75, 3.05) is 36.3 Å². The van der Waals surface area contributed by atoms with Gasteiger partial charge in [0.1, 0.15) is 29.8 Å². The average Bonchev–Trinajstić information content (AvgIpc) is 2.91. The molecule has 3 heterocycles. The van der Waals surface area contributed by atoms with Crippen molar-refractivity contribution in [2.24, 2.45) is 4.99 Å². The molecule has 49 heavy (non-hydrogen) atoms. The maximum Gasteiger partial charge on any atom is 0.303 e. The summed E-state index contributed by atoms with van der Waals surface area (Å²) in [7, 11) is -12.0. The number of nitrogens with zero attached hydrogens (tertiary/aromatic N) is 3. The summed E-state index contributed by atoms with van der Waals surface area (Å²) in [5, 5.41) is 10.2. The quantitative estimate of drug-likeness (QED) is 0.156. The Bertz CT molecular complexity index is 2150. The molecule has 0 radical (unpaired) electrons. The minimum absolute atomic E-state index is 0.0540. The fourth-order valence-corrected chi connectivity index (χ4v) is 8.63. The summed E-state index contributed by atoms with van der Waals surface area (Å²) in [6.45, 7) is 8.19. The van der Waals surface area contributed by atoms with Crippen LogP contribution in [0.3, 0.4) is 0 Å². The topological polar surface area (TPSA) is 206 Å². The van der Waals surface area contributed by atoms with Gasteiger partial charge in [-0.3, -0.25) is 17.7 Å². The van der Waals surface area contributed by atoms with Gasteiger partial charge in [-0.05, 0) is 32.4 Å². The monoisotopic (exact) mass is 744 g/mol. The molecule has 5 rings (SSSR count). The highest BCUT2D eigenvalue weighted by molar-refractivity contribution is 7.86. The van der Waals surface area contributed by atoms with Crippen LogP contribution >= 0.6 is 0 Å². The Kier molecular flexibility index (Phi) is 9.74. The van der Waals surface area contributed by atoms with Crippen molar-refractivity contribution in [3.05, 3.63) is 46.1 Å². The number of carboxylic acid groups (broad SMARTS) is 1. The van der Waals surface area contributed by atoms with Gasteiger partial charge in [0.05, 0.1) is 36.3 Å². The minimum Gasteiger partial charge on any atom is -0.481 e. The highest BCUT2D eigenvalue weighted by Gasteiger charge is 2.44. The number of carbonyl (C=O) groups is 1. The van der Waals surface area contributed by atoms with Gasteiger partial charge in [-0.2, -0.15) is 25.3 Å². The molecule has 18 heteroatoms. The highest BCUT2D eigenvalue weighted by Crippen LogP contribution is 2.50. The van der Waals surface area contributed by atoms with Crippen LogP contribution in [-0.4, -0.2) is 83.3 Å². The van der Waals surface area contributed by atoms with E-state index in [2.05, 4.69) is 0 Å². The fourth-order valence-electron chi connectivity index (χ4n) is 6.95. The Morgan fingerprint density at radius 3 is 2.16 bits per heavy atom. The molecule has 0 bridgehead atoms. The lowest BCUT2D eigenvalue weighted by Gasteiger charge is -2.48. The molecular weight excluding hydrogens is 703 g/mol.